The first-order chi connectivity index (χ1) is 14.8. The summed E-state index contributed by atoms with van der Waals surface area (Å²) in [5, 5.41) is 15.4. The van der Waals surface area contributed by atoms with Gasteiger partial charge in [-0.25, -0.2) is 10.2 Å². The first-order valence-electron chi connectivity index (χ1n) is 9.00. The molecule has 0 unspecified atom stereocenters. The predicted octanol–water partition coefficient (Wildman–Crippen LogP) is 4.54. The van der Waals surface area contributed by atoms with Gasteiger partial charge < -0.3 is 4.74 Å². The van der Waals surface area contributed by atoms with Crippen LogP contribution in [0, 0.1) is 17.0 Å². The molecule has 3 aromatic rings. The van der Waals surface area contributed by atoms with Crippen molar-refractivity contribution in [3.63, 3.8) is 0 Å². The number of halogens is 1. The molecule has 31 heavy (non-hydrogen) atoms. The lowest BCUT2D eigenvalue weighted by Crippen LogP contribution is -2.17. The van der Waals surface area contributed by atoms with Gasteiger partial charge in [-0.3, -0.25) is 14.9 Å². The molecule has 0 aliphatic heterocycles. The molecule has 0 saturated heterocycles. The predicted molar refractivity (Wildman–Crippen MR) is 116 cm³/mol. The minimum Gasteiger partial charge on any atom is -0.422 e. The number of ether oxygens (including phenoxy) is 1. The number of hydrogen-bond donors (Lipinski definition) is 1. The van der Waals surface area contributed by atoms with Crippen LogP contribution in [-0.2, 0) is 0 Å². The molecule has 0 fully saturated rings. The minimum absolute atomic E-state index is 0.0406. The van der Waals surface area contributed by atoms with Crippen molar-refractivity contribution >= 4 is 35.4 Å². The van der Waals surface area contributed by atoms with Gasteiger partial charge in [0.05, 0.1) is 16.7 Å². The topological polar surface area (TPSA) is 111 Å². The lowest BCUT2D eigenvalue weighted by molar-refractivity contribution is -0.384. The van der Waals surface area contributed by atoms with Crippen LogP contribution in [-0.4, -0.2) is 23.0 Å². The second-order valence-corrected chi connectivity index (χ2v) is 6.88. The zero-order valence-corrected chi connectivity index (χ0v) is 17.0. The largest absolute Gasteiger partial charge is 0.422 e. The van der Waals surface area contributed by atoms with Crippen molar-refractivity contribution in [2.24, 2.45) is 5.10 Å². The van der Waals surface area contributed by atoms with Crippen molar-refractivity contribution < 1.29 is 19.2 Å². The number of carbonyl (C=O) groups excluding carboxylic acids is 2. The van der Waals surface area contributed by atoms with E-state index in [0.717, 1.165) is 5.56 Å². The van der Waals surface area contributed by atoms with Gasteiger partial charge in [0.2, 0.25) is 0 Å². The zero-order valence-electron chi connectivity index (χ0n) is 16.2. The van der Waals surface area contributed by atoms with Gasteiger partial charge in [-0.2, -0.15) is 5.10 Å². The zero-order chi connectivity index (χ0) is 22.4. The summed E-state index contributed by atoms with van der Waals surface area (Å²) in [5.41, 5.74) is 3.91. The molecule has 9 heteroatoms. The fourth-order valence-electron chi connectivity index (χ4n) is 2.52. The van der Waals surface area contributed by atoms with E-state index in [1.165, 1.54) is 48.7 Å². The Kier molecular flexibility index (Phi) is 6.74. The van der Waals surface area contributed by atoms with Crippen LogP contribution in [0.3, 0.4) is 0 Å². The highest BCUT2D eigenvalue weighted by Crippen LogP contribution is 2.24. The third-order valence-electron chi connectivity index (χ3n) is 4.17. The van der Waals surface area contributed by atoms with Crippen molar-refractivity contribution in [3.05, 3.63) is 104 Å². The van der Waals surface area contributed by atoms with Crippen LogP contribution >= 0.6 is 11.6 Å². The number of nitro benzene ring substituents is 1. The van der Waals surface area contributed by atoms with E-state index in [1.54, 1.807) is 24.3 Å². The maximum Gasteiger partial charge on any atom is 0.343 e. The highest BCUT2D eigenvalue weighted by molar-refractivity contribution is 6.30. The summed E-state index contributed by atoms with van der Waals surface area (Å²) in [4.78, 5) is 35.1. The van der Waals surface area contributed by atoms with Crippen LogP contribution in [0.25, 0.3) is 0 Å². The van der Waals surface area contributed by atoms with E-state index in [4.69, 9.17) is 16.3 Å². The summed E-state index contributed by atoms with van der Waals surface area (Å²) < 4.78 is 5.35. The number of nitrogens with zero attached hydrogens (tertiary/aromatic N) is 2. The maximum absolute atomic E-state index is 12.4. The molecule has 0 saturated carbocycles. The van der Waals surface area contributed by atoms with E-state index >= 15 is 0 Å². The summed E-state index contributed by atoms with van der Waals surface area (Å²) in [6.07, 6.45) is 1.17. The molecular weight excluding hydrogens is 422 g/mol. The molecule has 0 heterocycles. The quantitative estimate of drug-likeness (QED) is 0.200. The lowest BCUT2D eigenvalue weighted by atomic mass is 10.1. The average molecular weight is 438 g/mol. The smallest absolute Gasteiger partial charge is 0.343 e. The van der Waals surface area contributed by atoms with E-state index < -0.39 is 16.8 Å². The van der Waals surface area contributed by atoms with Crippen LogP contribution < -0.4 is 10.2 Å². The molecule has 156 valence electrons. The second-order valence-electron chi connectivity index (χ2n) is 6.44. The number of nitrogens with one attached hydrogen (secondary N) is 1. The Labute approximate surface area is 182 Å². The Morgan fingerprint density at radius 2 is 1.68 bits per heavy atom. The summed E-state index contributed by atoms with van der Waals surface area (Å²) in [7, 11) is 0. The van der Waals surface area contributed by atoms with E-state index in [0.29, 0.717) is 10.6 Å². The normalized spacial score (nSPS) is 10.6. The third-order valence-corrected chi connectivity index (χ3v) is 4.42. The summed E-state index contributed by atoms with van der Waals surface area (Å²) >= 11 is 5.82. The molecule has 3 aromatic carbocycles. The Bertz CT molecular complexity index is 1160. The number of hydrogen-bond acceptors (Lipinski definition) is 6. The van der Waals surface area contributed by atoms with Gasteiger partial charge >= 0.3 is 5.97 Å². The van der Waals surface area contributed by atoms with Crippen molar-refractivity contribution in [1.82, 2.24) is 5.43 Å². The van der Waals surface area contributed by atoms with Crippen molar-refractivity contribution in [1.29, 1.82) is 0 Å². The molecule has 1 N–H and O–H groups in total. The average Bonchev–Trinajstić information content (AvgIpc) is 2.75. The standard InChI is InChI=1S/C22H16ClN3O5/c1-14-2-4-15(5-3-14)21(27)25-24-13-17-12-19(26(29)30)10-11-20(17)31-22(28)16-6-8-18(23)9-7-16/h2-13H,1H3,(H,25,27)/b24-13+. The number of benzene rings is 3. The van der Waals surface area contributed by atoms with Gasteiger partial charge in [0.1, 0.15) is 5.75 Å². The second kappa shape index (κ2) is 9.64. The molecule has 8 nitrogen and oxygen atoms in total. The minimum atomic E-state index is -0.677. The van der Waals surface area contributed by atoms with E-state index in [-0.39, 0.29) is 22.6 Å². The van der Waals surface area contributed by atoms with Crippen LogP contribution in [0.1, 0.15) is 31.8 Å². The van der Waals surface area contributed by atoms with E-state index in [2.05, 4.69) is 10.5 Å². The number of rotatable bonds is 6. The Balaban J connectivity index is 1.80. The van der Waals surface area contributed by atoms with Crippen LogP contribution in [0.5, 0.6) is 5.75 Å². The van der Waals surface area contributed by atoms with E-state index in [1.807, 2.05) is 6.92 Å². The number of esters is 1. The number of hydrazone groups is 1. The van der Waals surface area contributed by atoms with Crippen molar-refractivity contribution in [3.8, 4) is 5.75 Å². The first-order valence-corrected chi connectivity index (χ1v) is 9.37. The SMILES string of the molecule is Cc1ccc(C(=O)N/N=C/c2cc([N+](=O)[O-])ccc2OC(=O)c2ccc(Cl)cc2)cc1. The number of aryl methyl sites for hydroxylation is 1. The first kappa shape index (κ1) is 21.7. The van der Waals surface area contributed by atoms with Gasteiger partial charge in [-0.05, 0) is 49.4 Å². The fraction of sp³-hybridized carbons (Fsp3) is 0.0455. The highest BCUT2D eigenvalue weighted by Gasteiger charge is 2.15. The van der Waals surface area contributed by atoms with Gasteiger partial charge in [0.25, 0.3) is 11.6 Å². The van der Waals surface area contributed by atoms with Gasteiger partial charge in [-0.1, -0.05) is 29.3 Å². The molecule has 0 aliphatic rings. The molecule has 0 atom stereocenters. The van der Waals surface area contributed by atoms with Gasteiger partial charge in [0.15, 0.2) is 0 Å². The monoisotopic (exact) mass is 437 g/mol. The number of nitro groups is 1. The molecule has 0 aliphatic carbocycles. The maximum atomic E-state index is 12.4. The van der Waals surface area contributed by atoms with Crippen molar-refractivity contribution in [2.75, 3.05) is 0 Å². The summed E-state index contributed by atoms with van der Waals surface area (Å²) in [6, 6.07) is 16.6. The van der Waals surface area contributed by atoms with Crippen LogP contribution in [0.15, 0.2) is 71.8 Å². The Morgan fingerprint density at radius 3 is 2.32 bits per heavy atom. The number of non-ortho nitro benzene ring substituents is 1. The lowest BCUT2D eigenvalue weighted by Gasteiger charge is -2.08. The van der Waals surface area contributed by atoms with Crippen LogP contribution in [0.2, 0.25) is 5.02 Å². The third kappa shape index (κ3) is 5.74. The van der Waals surface area contributed by atoms with Gasteiger partial charge in [0, 0.05) is 28.3 Å². The summed E-state index contributed by atoms with van der Waals surface area (Å²) in [6.45, 7) is 1.90. The number of carbonyl (C=O) groups is 2. The Hall–Kier alpha value is -4.04. The van der Waals surface area contributed by atoms with Gasteiger partial charge in [-0.15, -0.1) is 0 Å². The number of amides is 1. The fourth-order valence-corrected chi connectivity index (χ4v) is 2.64. The van der Waals surface area contributed by atoms with Crippen molar-refractivity contribution in [2.45, 2.75) is 6.92 Å². The van der Waals surface area contributed by atoms with Crippen LogP contribution in [0.4, 0.5) is 5.69 Å². The highest BCUT2D eigenvalue weighted by atomic mass is 35.5. The van der Waals surface area contributed by atoms with E-state index in [9.17, 15) is 19.7 Å². The molecule has 0 aromatic heterocycles. The Morgan fingerprint density at radius 1 is 1.03 bits per heavy atom. The molecule has 1 amide bonds. The molecule has 0 spiro atoms. The summed E-state index contributed by atoms with van der Waals surface area (Å²) in [5.74, 6) is -1.09. The molecule has 0 bridgehead atoms. The molecule has 3 rings (SSSR count). The molecule has 0 radical (unpaired) electrons. The molecular formula is C22H16ClN3O5.